The molecule has 15 heteroatoms. The number of β-amino-alcohol motifs (C(OH)–C–C–N with tert-alkyl or cyclic N) is 1. The zero-order valence-corrected chi connectivity index (χ0v) is 31.2. The third-order valence-electron chi connectivity index (χ3n) is 11.5. The number of rotatable bonds is 10. The number of nitrogens with zero attached hydrogens (tertiary/aromatic N) is 6. The van der Waals surface area contributed by atoms with E-state index in [1.165, 1.54) is 30.3 Å². The van der Waals surface area contributed by atoms with Gasteiger partial charge in [0.05, 0.1) is 21.4 Å². The minimum Gasteiger partial charge on any atom is -0.461 e. The standard InChI is InChI=1S/C41H42F2N6O7/c1-3-29-32(42)14-9-25-7-4-8-30(33(25)29)35-34(43)36-31(21-44-35)37(47-19-5-16-40(2,51)23-47)46-38(45-36)55-24-41-17-6-20-48(41)27(15-18-41)22-54-39(50)56-28-12-10-26(11-13-28)49(52)53/h4,7-14,21,27,51H,3,5-6,15-20,22-24H2,1-2H3/t27-,40+,41-/m0/s1. The number of pyridine rings is 1. The molecule has 0 amide bonds. The molecule has 5 heterocycles. The largest absolute Gasteiger partial charge is 0.513 e. The van der Waals surface area contributed by atoms with Crippen LogP contribution in [0.2, 0.25) is 0 Å². The molecule has 0 spiro atoms. The van der Waals surface area contributed by atoms with Gasteiger partial charge in [-0.1, -0.05) is 31.2 Å². The SMILES string of the molecule is CCc1c(F)ccc2cccc(-c3ncc4c(N5CCC[C@@](C)(O)C5)nc(OC[C@@]56CCCN5[C@H](COC(=O)Oc5ccc([N+](=O)[O-])cc5)CC6)nc4c3F)c12. The Morgan fingerprint density at radius 2 is 1.86 bits per heavy atom. The number of nitro benzene ring substituents is 1. The topological polar surface area (TPSA) is 153 Å². The number of non-ortho nitro benzene ring substituents is 1. The number of aromatic nitrogens is 3. The van der Waals surface area contributed by atoms with Crippen LogP contribution in [0, 0.1) is 21.7 Å². The van der Waals surface area contributed by atoms with Gasteiger partial charge in [-0.25, -0.2) is 13.6 Å². The molecular formula is C41H42F2N6O7. The zero-order chi connectivity index (χ0) is 39.2. The lowest BCUT2D eigenvalue weighted by Gasteiger charge is -2.38. The number of piperidine rings is 1. The summed E-state index contributed by atoms with van der Waals surface area (Å²) in [5, 5.41) is 23.7. The lowest BCUT2D eigenvalue weighted by atomic mass is 9.94. The fourth-order valence-electron chi connectivity index (χ4n) is 8.80. The van der Waals surface area contributed by atoms with Gasteiger partial charge in [-0.2, -0.15) is 9.97 Å². The van der Waals surface area contributed by atoms with Crippen LogP contribution < -0.4 is 14.4 Å². The van der Waals surface area contributed by atoms with Crippen LogP contribution in [0.5, 0.6) is 11.8 Å². The van der Waals surface area contributed by atoms with E-state index in [2.05, 4.69) is 14.9 Å². The summed E-state index contributed by atoms with van der Waals surface area (Å²) in [7, 11) is 0. The van der Waals surface area contributed by atoms with E-state index in [1.807, 2.05) is 17.9 Å². The summed E-state index contributed by atoms with van der Waals surface area (Å²) in [6, 6.07) is 13.6. The lowest BCUT2D eigenvalue weighted by Crippen LogP contribution is -2.48. The van der Waals surface area contributed by atoms with Crippen LogP contribution in [0.3, 0.4) is 0 Å². The number of aliphatic hydroxyl groups is 1. The first kappa shape index (κ1) is 37.4. The highest BCUT2D eigenvalue weighted by Crippen LogP contribution is 2.43. The number of halogens is 2. The Labute approximate surface area is 321 Å². The predicted molar refractivity (Wildman–Crippen MR) is 204 cm³/mol. The van der Waals surface area contributed by atoms with Gasteiger partial charge in [-0.15, -0.1) is 0 Å². The van der Waals surface area contributed by atoms with Gasteiger partial charge in [-0.05, 0) is 92.9 Å². The third-order valence-corrected chi connectivity index (χ3v) is 11.5. The summed E-state index contributed by atoms with van der Waals surface area (Å²) in [5.41, 5.74) is -0.514. The van der Waals surface area contributed by atoms with Crippen molar-refractivity contribution in [1.29, 1.82) is 0 Å². The number of anilines is 1. The van der Waals surface area contributed by atoms with E-state index in [0.717, 1.165) is 37.6 Å². The number of aryl methyl sites for hydroxylation is 1. The van der Waals surface area contributed by atoms with Crippen molar-refractivity contribution in [2.45, 2.75) is 76.0 Å². The van der Waals surface area contributed by atoms with Crippen molar-refractivity contribution in [2.24, 2.45) is 0 Å². The summed E-state index contributed by atoms with van der Waals surface area (Å²) in [5.74, 6) is -0.506. The van der Waals surface area contributed by atoms with Gasteiger partial charge in [0.2, 0.25) is 0 Å². The molecule has 0 radical (unpaired) electrons. The second kappa shape index (κ2) is 14.8. The van der Waals surface area contributed by atoms with Crippen molar-refractivity contribution < 1.29 is 37.8 Å². The van der Waals surface area contributed by atoms with Gasteiger partial charge in [-0.3, -0.25) is 20.0 Å². The minimum atomic E-state index is -0.982. The first-order valence-corrected chi connectivity index (χ1v) is 19.0. The van der Waals surface area contributed by atoms with E-state index in [0.29, 0.717) is 53.5 Å². The average molecular weight is 769 g/mol. The molecule has 56 heavy (non-hydrogen) atoms. The number of nitro groups is 1. The van der Waals surface area contributed by atoms with Crippen LogP contribution in [-0.2, 0) is 11.2 Å². The van der Waals surface area contributed by atoms with Crippen LogP contribution in [0.15, 0.2) is 60.8 Å². The highest BCUT2D eigenvalue weighted by molar-refractivity contribution is 6.01. The molecule has 13 nitrogen and oxygen atoms in total. The van der Waals surface area contributed by atoms with Gasteiger partial charge < -0.3 is 24.2 Å². The maximum absolute atomic E-state index is 17.0. The molecule has 0 aliphatic carbocycles. The van der Waals surface area contributed by atoms with Crippen LogP contribution in [0.25, 0.3) is 32.9 Å². The number of carbonyl (C=O) groups is 1. The van der Waals surface area contributed by atoms with E-state index < -0.39 is 28.0 Å². The molecule has 0 saturated carbocycles. The van der Waals surface area contributed by atoms with Crippen molar-refractivity contribution in [2.75, 3.05) is 37.7 Å². The van der Waals surface area contributed by atoms with Crippen molar-refractivity contribution in [3.8, 4) is 23.0 Å². The van der Waals surface area contributed by atoms with Gasteiger partial charge >= 0.3 is 12.2 Å². The quantitative estimate of drug-likeness (QED) is 0.0647. The first-order chi connectivity index (χ1) is 26.9. The predicted octanol–water partition coefficient (Wildman–Crippen LogP) is 7.54. The zero-order valence-electron chi connectivity index (χ0n) is 31.2. The molecule has 1 N–H and O–H groups in total. The molecule has 2 aromatic heterocycles. The number of hydrogen-bond donors (Lipinski definition) is 1. The van der Waals surface area contributed by atoms with E-state index in [4.69, 9.17) is 19.2 Å². The maximum Gasteiger partial charge on any atom is 0.513 e. The lowest BCUT2D eigenvalue weighted by molar-refractivity contribution is -0.384. The normalized spacial score (nSPS) is 22.4. The number of hydrogen-bond acceptors (Lipinski definition) is 12. The van der Waals surface area contributed by atoms with Crippen LogP contribution in [0.1, 0.15) is 57.9 Å². The smallest absolute Gasteiger partial charge is 0.461 e. The molecule has 3 fully saturated rings. The Morgan fingerprint density at radius 3 is 2.62 bits per heavy atom. The Kier molecular flexibility index (Phi) is 9.91. The Bertz CT molecular complexity index is 2330. The van der Waals surface area contributed by atoms with E-state index >= 15 is 8.78 Å². The molecule has 3 saturated heterocycles. The summed E-state index contributed by atoms with van der Waals surface area (Å²) < 4.78 is 49.2. The Hall–Kier alpha value is -5.54. The molecular weight excluding hydrogens is 726 g/mol. The summed E-state index contributed by atoms with van der Waals surface area (Å²) in [6.45, 7) is 5.54. The second-order valence-corrected chi connectivity index (χ2v) is 15.2. The average Bonchev–Trinajstić information content (AvgIpc) is 3.75. The number of carbonyl (C=O) groups excluding carboxylic acids is 1. The Morgan fingerprint density at radius 1 is 1.05 bits per heavy atom. The van der Waals surface area contributed by atoms with Crippen molar-refractivity contribution in [1.82, 2.24) is 19.9 Å². The van der Waals surface area contributed by atoms with Crippen molar-refractivity contribution >= 4 is 39.3 Å². The summed E-state index contributed by atoms with van der Waals surface area (Å²) >= 11 is 0. The van der Waals surface area contributed by atoms with Gasteiger partial charge in [0.25, 0.3) is 5.69 Å². The van der Waals surface area contributed by atoms with Gasteiger partial charge in [0.15, 0.2) is 5.82 Å². The third kappa shape index (κ3) is 7.05. The second-order valence-electron chi connectivity index (χ2n) is 15.2. The highest BCUT2D eigenvalue weighted by Gasteiger charge is 2.50. The van der Waals surface area contributed by atoms with Gasteiger partial charge in [0, 0.05) is 43.0 Å². The molecule has 5 aromatic rings. The minimum absolute atomic E-state index is 0.0108. The fourth-order valence-corrected chi connectivity index (χ4v) is 8.80. The van der Waals surface area contributed by atoms with E-state index in [1.54, 1.807) is 31.3 Å². The van der Waals surface area contributed by atoms with E-state index in [9.17, 15) is 20.0 Å². The fraction of sp³-hybridized carbons (Fsp3) is 0.415. The van der Waals surface area contributed by atoms with Gasteiger partial charge in [0.1, 0.15) is 41.8 Å². The molecule has 0 bridgehead atoms. The number of benzene rings is 3. The van der Waals surface area contributed by atoms with Crippen LogP contribution >= 0.6 is 0 Å². The van der Waals surface area contributed by atoms with Crippen LogP contribution in [0.4, 0.5) is 25.1 Å². The molecule has 292 valence electrons. The highest BCUT2D eigenvalue weighted by atomic mass is 19.1. The van der Waals surface area contributed by atoms with E-state index in [-0.39, 0.29) is 60.3 Å². The Balaban J connectivity index is 1.07. The molecule has 3 aliphatic heterocycles. The maximum atomic E-state index is 17.0. The first-order valence-electron chi connectivity index (χ1n) is 19.0. The molecule has 0 unspecified atom stereocenters. The summed E-state index contributed by atoms with van der Waals surface area (Å²) in [4.78, 5) is 41.2. The van der Waals surface area contributed by atoms with Crippen molar-refractivity contribution in [3.63, 3.8) is 0 Å². The summed E-state index contributed by atoms with van der Waals surface area (Å²) in [6.07, 6.45) is 5.58. The number of fused-ring (bicyclic) bond motifs is 3. The molecule has 3 aromatic carbocycles. The molecule has 3 aliphatic rings. The number of ether oxygens (including phenoxy) is 3. The molecule has 8 rings (SSSR count). The molecule has 3 atom stereocenters. The van der Waals surface area contributed by atoms with Crippen molar-refractivity contribution in [3.05, 3.63) is 88.1 Å². The monoisotopic (exact) mass is 768 g/mol. The van der Waals surface area contributed by atoms with Crippen LogP contribution in [-0.4, -0.2) is 86.1 Å².